The van der Waals surface area contributed by atoms with Gasteiger partial charge in [-0.2, -0.15) is 0 Å². The lowest BCUT2D eigenvalue weighted by molar-refractivity contribution is -0.384. The lowest BCUT2D eigenvalue weighted by atomic mass is 10.3. The topological polar surface area (TPSA) is 93.5 Å². The molecule has 0 aliphatic heterocycles. The van der Waals surface area contributed by atoms with Crippen LogP contribution in [0.1, 0.15) is 0 Å². The van der Waals surface area contributed by atoms with Gasteiger partial charge in [-0.3, -0.25) is 10.1 Å². The number of non-ortho nitro benzene ring substituents is 1. The van der Waals surface area contributed by atoms with Crippen molar-refractivity contribution >= 4 is 29.0 Å². The van der Waals surface area contributed by atoms with E-state index in [1.165, 1.54) is 25.3 Å². The molecular formula is C10H12ClN3O4. The zero-order chi connectivity index (χ0) is 13.5. The smallest absolute Gasteiger partial charge is 0.319 e. The van der Waals surface area contributed by atoms with Crippen LogP contribution in [0.15, 0.2) is 18.2 Å². The van der Waals surface area contributed by atoms with E-state index >= 15 is 0 Å². The largest absolute Gasteiger partial charge is 0.383 e. The van der Waals surface area contributed by atoms with E-state index in [1.807, 2.05) is 0 Å². The summed E-state index contributed by atoms with van der Waals surface area (Å²) in [7, 11) is 1.51. The zero-order valence-electron chi connectivity index (χ0n) is 9.60. The van der Waals surface area contributed by atoms with Crippen molar-refractivity contribution in [1.29, 1.82) is 0 Å². The summed E-state index contributed by atoms with van der Waals surface area (Å²) in [5.41, 5.74) is 0.0346. The summed E-state index contributed by atoms with van der Waals surface area (Å²) < 4.78 is 4.76. The van der Waals surface area contributed by atoms with E-state index in [0.29, 0.717) is 13.2 Å². The molecule has 0 bridgehead atoms. The number of nitrogens with one attached hydrogen (secondary N) is 2. The fourth-order valence-electron chi connectivity index (χ4n) is 1.16. The van der Waals surface area contributed by atoms with Crippen molar-refractivity contribution < 1.29 is 14.5 Å². The molecule has 0 saturated heterocycles. The average molecular weight is 274 g/mol. The molecule has 0 aromatic heterocycles. The van der Waals surface area contributed by atoms with Crippen molar-refractivity contribution in [3.63, 3.8) is 0 Å². The second-order valence-electron chi connectivity index (χ2n) is 3.29. The van der Waals surface area contributed by atoms with Crippen LogP contribution in [-0.2, 0) is 4.74 Å². The quantitative estimate of drug-likeness (QED) is 0.487. The fraction of sp³-hybridized carbons (Fsp3) is 0.300. The first-order chi connectivity index (χ1) is 8.54. The SMILES string of the molecule is COCCNC(=O)Nc1cc([N+](=O)[O-])ccc1Cl. The minimum atomic E-state index is -0.565. The third-order valence-corrected chi connectivity index (χ3v) is 2.33. The number of amides is 2. The maximum absolute atomic E-state index is 11.4. The van der Waals surface area contributed by atoms with Gasteiger partial charge in [-0.1, -0.05) is 11.6 Å². The monoisotopic (exact) mass is 273 g/mol. The van der Waals surface area contributed by atoms with Gasteiger partial charge in [0.1, 0.15) is 0 Å². The summed E-state index contributed by atoms with van der Waals surface area (Å²) >= 11 is 5.82. The van der Waals surface area contributed by atoms with Crippen LogP contribution in [0, 0.1) is 10.1 Å². The molecule has 0 saturated carbocycles. The number of hydrogen-bond donors (Lipinski definition) is 2. The maximum Gasteiger partial charge on any atom is 0.319 e. The van der Waals surface area contributed by atoms with E-state index in [9.17, 15) is 14.9 Å². The van der Waals surface area contributed by atoms with Gasteiger partial charge in [0.05, 0.1) is 22.2 Å². The van der Waals surface area contributed by atoms with Crippen molar-refractivity contribution in [1.82, 2.24) is 5.32 Å². The highest BCUT2D eigenvalue weighted by Crippen LogP contribution is 2.26. The van der Waals surface area contributed by atoms with Crippen molar-refractivity contribution in [3.05, 3.63) is 33.3 Å². The van der Waals surface area contributed by atoms with Crippen LogP contribution >= 0.6 is 11.6 Å². The maximum atomic E-state index is 11.4. The Labute approximate surface area is 108 Å². The predicted molar refractivity (Wildman–Crippen MR) is 67.0 cm³/mol. The predicted octanol–water partition coefficient (Wildman–Crippen LogP) is 2.02. The first-order valence-electron chi connectivity index (χ1n) is 5.02. The Hall–Kier alpha value is -1.86. The molecule has 0 aliphatic rings. The molecule has 7 nitrogen and oxygen atoms in total. The second kappa shape index (κ2) is 6.77. The Morgan fingerprint density at radius 3 is 2.89 bits per heavy atom. The first-order valence-corrected chi connectivity index (χ1v) is 5.40. The number of ether oxygens (including phenoxy) is 1. The molecule has 1 rings (SSSR count). The minimum absolute atomic E-state index is 0.147. The molecule has 2 amide bonds. The summed E-state index contributed by atoms with van der Waals surface area (Å²) in [5, 5.41) is 15.7. The molecule has 2 N–H and O–H groups in total. The Morgan fingerprint density at radius 2 is 2.28 bits per heavy atom. The molecule has 0 fully saturated rings. The van der Waals surface area contributed by atoms with Crippen LogP contribution in [-0.4, -0.2) is 31.2 Å². The minimum Gasteiger partial charge on any atom is -0.383 e. The van der Waals surface area contributed by atoms with Crippen molar-refractivity contribution in [3.8, 4) is 0 Å². The van der Waals surface area contributed by atoms with Gasteiger partial charge >= 0.3 is 6.03 Å². The number of benzene rings is 1. The van der Waals surface area contributed by atoms with Gasteiger partial charge in [0.2, 0.25) is 0 Å². The Morgan fingerprint density at radius 1 is 1.56 bits per heavy atom. The Balaban J connectivity index is 2.68. The number of carbonyl (C=O) groups is 1. The lowest BCUT2D eigenvalue weighted by Crippen LogP contribution is -2.31. The third kappa shape index (κ3) is 4.19. The molecular weight excluding hydrogens is 262 g/mol. The van der Waals surface area contributed by atoms with E-state index < -0.39 is 11.0 Å². The summed E-state index contributed by atoms with van der Waals surface area (Å²) in [6.07, 6.45) is 0. The summed E-state index contributed by atoms with van der Waals surface area (Å²) in [5.74, 6) is 0. The van der Waals surface area contributed by atoms with Gasteiger partial charge in [0, 0.05) is 25.8 Å². The van der Waals surface area contributed by atoms with Gasteiger partial charge in [-0.25, -0.2) is 4.79 Å². The first kappa shape index (κ1) is 14.2. The van der Waals surface area contributed by atoms with Crippen molar-refractivity contribution in [2.24, 2.45) is 0 Å². The van der Waals surface area contributed by atoms with E-state index in [2.05, 4.69) is 10.6 Å². The van der Waals surface area contributed by atoms with E-state index in [-0.39, 0.29) is 16.4 Å². The molecule has 0 unspecified atom stereocenters. The van der Waals surface area contributed by atoms with Crippen molar-refractivity contribution in [2.75, 3.05) is 25.6 Å². The van der Waals surface area contributed by atoms with Gasteiger partial charge in [-0.05, 0) is 6.07 Å². The van der Waals surface area contributed by atoms with E-state index in [4.69, 9.17) is 16.3 Å². The number of halogens is 1. The normalized spacial score (nSPS) is 9.89. The number of urea groups is 1. The molecule has 0 atom stereocenters. The van der Waals surface area contributed by atoms with Gasteiger partial charge in [-0.15, -0.1) is 0 Å². The van der Waals surface area contributed by atoms with Gasteiger partial charge < -0.3 is 15.4 Å². The summed E-state index contributed by atoms with van der Waals surface area (Å²) in [4.78, 5) is 21.4. The molecule has 8 heteroatoms. The van der Waals surface area contributed by atoms with Crippen LogP contribution in [0.2, 0.25) is 5.02 Å². The Kier molecular flexibility index (Phi) is 5.34. The van der Waals surface area contributed by atoms with E-state index in [0.717, 1.165) is 0 Å². The van der Waals surface area contributed by atoms with Crippen LogP contribution < -0.4 is 10.6 Å². The number of nitrogens with zero attached hydrogens (tertiary/aromatic N) is 1. The third-order valence-electron chi connectivity index (χ3n) is 2.00. The fourth-order valence-corrected chi connectivity index (χ4v) is 1.32. The van der Waals surface area contributed by atoms with Gasteiger partial charge in [0.25, 0.3) is 5.69 Å². The highest BCUT2D eigenvalue weighted by molar-refractivity contribution is 6.33. The van der Waals surface area contributed by atoms with E-state index in [1.54, 1.807) is 0 Å². The number of nitro groups is 1. The molecule has 0 heterocycles. The number of nitro benzene ring substituents is 1. The second-order valence-corrected chi connectivity index (χ2v) is 3.70. The zero-order valence-corrected chi connectivity index (χ0v) is 10.4. The molecule has 98 valence electrons. The number of methoxy groups -OCH3 is 1. The highest BCUT2D eigenvalue weighted by atomic mass is 35.5. The van der Waals surface area contributed by atoms with Crippen LogP contribution in [0.4, 0.5) is 16.2 Å². The molecule has 0 radical (unpaired) electrons. The van der Waals surface area contributed by atoms with Gasteiger partial charge in [0.15, 0.2) is 0 Å². The van der Waals surface area contributed by atoms with Crippen molar-refractivity contribution in [2.45, 2.75) is 0 Å². The number of carbonyl (C=O) groups excluding carboxylic acids is 1. The summed E-state index contributed by atoms with van der Waals surface area (Å²) in [6.45, 7) is 0.699. The Bertz CT molecular complexity index is 453. The number of hydrogen-bond acceptors (Lipinski definition) is 4. The molecule has 1 aromatic carbocycles. The number of rotatable bonds is 5. The molecule has 18 heavy (non-hydrogen) atoms. The lowest BCUT2D eigenvalue weighted by Gasteiger charge is -2.08. The highest BCUT2D eigenvalue weighted by Gasteiger charge is 2.11. The standard InChI is InChI=1S/C10H12ClN3O4/c1-18-5-4-12-10(15)13-9-6-7(14(16)17)2-3-8(9)11/h2-3,6H,4-5H2,1H3,(H2,12,13,15). The average Bonchev–Trinajstić information content (AvgIpc) is 2.32. The molecule has 1 aromatic rings. The molecule has 0 spiro atoms. The van der Waals surface area contributed by atoms with Crippen LogP contribution in [0.3, 0.4) is 0 Å². The van der Waals surface area contributed by atoms with Crippen LogP contribution in [0.25, 0.3) is 0 Å². The summed E-state index contributed by atoms with van der Waals surface area (Å²) in [6, 6.07) is 3.30. The molecule has 0 aliphatic carbocycles. The van der Waals surface area contributed by atoms with Crippen LogP contribution in [0.5, 0.6) is 0 Å². The number of anilines is 1.